The Labute approximate surface area is 320 Å². The number of fused-ring (bicyclic) bond motifs is 13. The van der Waals surface area contributed by atoms with Crippen molar-refractivity contribution in [3.63, 3.8) is 0 Å². The first-order valence-corrected chi connectivity index (χ1v) is 19.5. The molecule has 1 heteroatoms. The summed E-state index contributed by atoms with van der Waals surface area (Å²) in [6.07, 6.45) is 0. The molecule has 9 aromatic carbocycles. The lowest BCUT2D eigenvalue weighted by Gasteiger charge is -2.25. The van der Waals surface area contributed by atoms with Crippen molar-refractivity contribution in [2.75, 3.05) is 0 Å². The van der Waals surface area contributed by atoms with E-state index in [0.29, 0.717) is 0 Å². The predicted octanol–water partition coefficient (Wildman–Crippen LogP) is 15.0. The highest BCUT2D eigenvalue weighted by molar-refractivity contribution is 6.25. The van der Waals surface area contributed by atoms with Crippen molar-refractivity contribution in [2.24, 2.45) is 0 Å². The minimum Gasteiger partial charge on any atom is -0.456 e. The van der Waals surface area contributed by atoms with Gasteiger partial charge < -0.3 is 4.42 Å². The summed E-state index contributed by atoms with van der Waals surface area (Å²) >= 11 is 0. The number of para-hydroxylation sites is 1. The summed E-state index contributed by atoms with van der Waals surface area (Å²) < 4.78 is 6.58. The van der Waals surface area contributed by atoms with Crippen LogP contribution in [-0.2, 0) is 10.8 Å². The minimum absolute atomic E-state index is 0.0799. The molecule has 10 aromatic rings. The van der Waals surface area contributed by atoms with E-state index in [9.17, 15) is 0 Å². The summed E-state index contributed by atoms with van der Waals surface area (Å²) in [6, 6.07) is 59.0. The van der Waals surface area contributed by atoms with Crippen LogP contribution in [0.3, 0.4) is 0 Å². The molecule has 1 nitrogen and oxygen atoms in total. The van der Waals surface area contributed by atoms with E-state index in [1.807, 2.05) is 0 Å². The van der Waals surface area contributed by atoms with Gasteiger partial charge in [0.25, 0.3) is 0 Å². The number of rotatable bonds is 2. The Morgan fingerprint density at radius 2 is 0.873 bits per heavy atom. The van der Waals surface area contributed by atoms with Gasteiger partial charge in [0.2, 0.25) is 0 Å². The zero-order chi connectivity index (χ0) is 36.8. The summed E-state index contributed by atoms with van der Waals surface area (Å²) in [6.45, 7) is 9.52. The number of furan rings is 1. The van der Waals surface area contributed by atoms with Crippen LogP contribution in [-0.4, -0.2) is 0 Å². The fraction of sp³-hybridized carbons (Fsp3) is 0.111. The van der Waals surface area contributed by atoms with Crippen LogP contribution in [0, 0.1) is 0 Å². The van der Waals surface area contributed by atoms with E-state index in [-0.39, 0.29) is 10.8 Å². The molecule has 1 aromatic heterocycles. The third kappa shape index (κ3) is 3.98. The van der Waals surface area contributed by atoms with Crippen LogP contribution in [0.4, 0.5) is 0 Å². The van der Waals surface area contributed by atoms with Crippen LogP contribution in [0.15, 0.2) is 162 Å². The maximum Gasteiger partial charge on any atom is 0.136 e. The topological polar surface area (TPSA) is 13.1 Å². The maximum atomic E-state index is 6.58. The van der Waals surface area contributed by atoms with E-state index in [0.717, 1.165) is 21.9 Å². The molecule has 260 valence electrons. The lowest BCUT2D eigenvalue weighted by atomic mass is 9.78. The SMILES string of the molecule is CC1(C)c2ccccc2-c2ccc(-c3c4ccccc4c(-c4cc5c(c6cc7oc8ccccc8c7cc46)C(C)(C)c4ccccc4-5)c4ccccc34)cc21. The normalized spacial score (nSPS) is 14.8. The second-order valence-electron chi connectivity index (χ2n) is 16.8. The molecule has 12 rings (SSSR count). The largest absolute Gasteiger partial charge is 0.456 e. The first-order chi connectivity index (χ1) is 26.8. The standard InChI is InChI=1S/C54H38O/c1-53(2)45-22-12-9-15-32(45)34-26-25-31(27-47(34)53)50-36-18-5-7-20-38(36)51(39-21-8-6-19-37(39)50)42-29-43-33-16-10-13-23-46(33)54(3,4)52(43)44-30-49-41(28-40(42)44)35-17-11-14-24-48(35)55-49/h5-30H,1-4H3. The van der Waals surface area contributed by atoms with Crippen LogP contribution in [0.25, 0.3) is 98.8 Å². The van der Waals surface area contributed by atoms with Gasteiger partial charge in [-0.3, -0.25) is 0 Å². The molecule has 0 saturated heterocycles. The Morgan fingerprint density at radius 1 is 0.327 bits per heavy atom. The highest BCUT2D eigenvalue weighted by atomic mass is 16.3. The summed E-state index contributed by atoms with van der Waals surface area (Å²) in [5.41, 5.74) is 17.6. The van der Waals surface area contributed by atoms with Gasteiger partial charge in [-0.15, -0.1) is 0 Å². The molecule has 0 aliphatic heterocycles. The molecule has 0 fully saturated rings. The third-order valence-electron chi connectivity index (χ3n) is 13.2. The van der Waals surface area contributed by atoms with Crippen LogP contribution >= 0.6 is 0 Å². The summed E-state index contributed by atoms with van der Waals surface area (Å²) in [5, 5.41) is 9.91. The molecule has 0 spiro atoms. The molecule has 1 heterocycles. The van der Waals surface area contributed by atoms with Crippen molar-refractivity contribution in [2.45, 2.75) is 38.5 Å². The molecule has 0 radical (unpaired) electrons. The van der Waals surface area contributed by atoms with Crippen molar-refractivity contribution in [3.05, 3.63) is 180 Å². The van der Waals surface area contributed by atoms with Crippen molar-refractivity contribution >= 4 is 54.3 Å². The molecule has 0 bridgehead atoms. The quantitative estimate of drug-likeness (QED) is 0.163. The third-order valence-corrected chi connectivity index (χ3v) is 13.2. The molecule has 2 aliphatic carbocycles. The van der Waals surface area contributed by atoms with Gasteiger partial charge >= 0.3 is 0 Å². The van der Waals surface area contributed by atoms with E-state index in [4.69, 9.17) is 4.42 Å². The van der Waals surface area contributed by atoms with Gasteiger partial charge in [-0.1, -0.05) is 155 Å². The Kier molecular flexibility index (Phi) is 5.98. The fourth-order valence-electron chi connectivity index (χ4n) is 10.7. The van der Waals surface area contributed by atoms with E-state index in [1.165, 1.54) is 99.1 Å². The van der Waals surface area contributed by atoms with E-state index in [1.54, 1.807) is 0 Å². The maximum absolute atomic E-state index is 6.58. The predicted molar refractivity (Wildman–Crippen MR) is 232 cm³/mol. The van der Waals surface area contributed by atoms with Gasteiger partial charge in [0.1, 0.15) is 11.2 Å². The van der Waals surface area contributed by atoms with Crippen LogP contribution in [0.2, 0.25) is 0 Å². The molecule has 0 unspecified atom stereocenters. The Balaban J connectivity index is 1.21. The van der Waals surface area contributed by atoms with Crippen LogP contribution < -0.4 is 0 Å². The van der Waals surface area contributed by atoms with Gasteiger partial charge in [-0.25, -0.2) is 0 Å². The Bertz CT molecular complexity index is 3260. The van der Waals surface area contributed by atoms with Gasteiger partial charge in [0, 0.05) is 21.6 Å². The summed E-state index contributed by atoms with van der Waals surface area (Å²) in [7, 11) is 0. The zero-order valence-electron chi connectivity index (χ0n) is 31.4. The molecule has 2 aliphatic rings. The van der Waals surface area contributed by atoms with Gasteiger partial charge in [0.15, 0.2) is 0 Å². The van der Waals surface area contributed by atoms with Gasteiger partial charge in [-0.05, 0) is 129 Å². The first-order valence-electron chi connectivity index (χ1n) is 19.5. The smallest absolute Gasteiger partial charge is 0.136 e. The lowest BCUT2D eigenvalue weighted by Crippen LogP contribution is -2.15. The van der Waals surface area contributed by atoms with Crippen molar-refractivity contribution in [1.82, 2.24) is 0 Å². The Hall–Kier alpha value is -6.44. The fourth-order valence-corrected chi connectivity index (χ4v) is 10.7. The summed E-state index contributed by atoms with van der Waals surface area (Å²) in [5.74, 6) is 0. The van der Waals surface area contributed by atoms with Crippen molar-refractivity contribution < 1.29 is 4.42 Å². The second kappa shape index (κ2) is 10.6. The van der Waals surface area contributed by atoms with Crippen molar-refractivity contribution in [3.8, 4) is 44.5 Å². The molecule has 0 saturated carbocycles. The Morgan fingerprint density at radius 3 is 1.56 bits per heavy atom. The van der Waals surface area contributed by atoms with Crippen LogP contribution in [0.1, 0.15) is 49.9 Å². The molecule has 0 atom stereocenters. The average Bonchev–Trinajstić information content (AvgIpc) is 3.77. The molecular weight excluding hydrogens is 665 g/mol. The second-order valence-corrected chi connectivity index (χ2v) is 16.8. The highest BCUT2D eigenvalue weighted by Crippen LogP contribution is 2.56. The lowest BCUT2D eigenvalue weighted by molar-refractivity contribution is 0.660. The zero-order valence-corrected chi connectivity index (χ0v) is 31.4. The average molecular weight is 703 g/mol. The monoisotopic (exact) mass is 702 g/mol. The highest BCUT2D eigenvalue weighted by Gasteiger charge is 2.39. The number of benzene rings is 9. The van der Waals surface area contributed by atoms with E-state index >= 15 is 0 Å². The van der Waals surface area contributed by atoms with Crippen LogP contribution in [0.5, 0.6) is 0 Å². The first kappa shape index (κ1) is 31.0. The van der Waals surface area contributed by atoms with Crippen molar-refractivity contribution in [1.29, 1.82) is 0 Å². The van der Waals surface area contributed by atoms with E-state index < -0.39 is 0 Å². The van der Waals surface area contributed by atoms with E-state index in [2.05, 4.69) is 185 Å². The molecule has 0 amide bonds. The number of hydrogen-bond donors (Lipinski definition) is 0. The van der Waals surface area contributed by atoms with Gasteiger partial charge in [-0.2, -0.15) is 0 Å². The summed E-state index contributed by atoms with van der Waals surface area (Å²) in [4.78, 5) is 0. The minimum atomic E-state index is -0.169. The molecule has 0 N–H and O–H groups in total. The molecule has 55 heavy (non-hydrogen) atoms. The van der Waals surface area contributed by atoms with Gasteiger partial charge in [0.05, 0.1) is 0 Å². The number of hydrogen-bond acceptors (Lipinski definition) is 1. The molecular formula is C54H38O.